The second kappa shape index (κ2) is 8.32. The molecule has 6 nitrogen and oxygen atoms in total. The van der Waals surface area contributed by atoms with Crippen LogP contribution in [0, 0.1) is 13.8 Å². The molecule has 3 heterocycles. The van der Waals surface area contributed by atoms with Gasteiger partial charge in [0, 0.05) is 37.4 Å². The van der Waals surface area contributed by atoms with E-state index in [2.05, 4.69) is 9.97 Å². The molecule has 0 bridgehead atoms. The average Bonchev–Trinajstić information content (AvgIpc) is 3.33. The van der Waals surface area contributed by atoms with E-state index in [9.17, 15) is 4.79 Å². The molecule has 8 heteroatoms. The molecule has 0 spiro atoms. The standard InChI is InChI=1S/C22H24ClN5OS/c1-13-20(30-14(2)25-13)21(29)28-10-6-9-18(28)19-17(12-24-22(26-19)27(3)4)15-7-5-8-16(23)11-15/h5,7-8,11-12,18H,6,9-10H2,1-4H3/t18-/m0/s1. The lowest BCUT2D eigenvalue weighted by Gasteiger charge is -2.26. The molecule has 0 unspecified atom stereocenters. The molecule has 0 N–H and O–H groups in total. The number of hydrogen-bond donors (Lipinski definition) is 0. The molecule has 4 rings (SSSR count). The minimum atomic E-state index is -0.116. The van der Waals surface area contributed by atoms with E-state index < -0.39 is 0 Å². The van der Waals surface area contributed by atoms with Gasteiger partial charge in [-0.1, -0.05) is 23.7 Å². The van der Waals surface area contributed by atoms with Crippen LogP contribution in [0.3, 0.4) is 0 Å². The molecular weight excluding hydrogens is 418 g/mol. The van der Waals surface area contributed by atoms with E-state index in [4.69, 9.17) is 16.6 Å². The summed E-state index contributed by atoms with van der Waals surface area (Å²) < 4.78 is 0. The number of amides is 1. The Morgan fingerprint density at radius 2 is 2.07 bits per heavy atom. The highest BCUT2D eigenvalue weighted by Crippen LogP contribution is 2.39. The lowest BCUT2D eigenvalue weighted by Crippen LogP contribution is -2.31. The Kier molecular flexibility index (Phi) is 5.75. The molecule has 1 aliphatic rings. The summed E-state index contributed by atoms with van der Waals surface area (Å²) in [5.41, 5.74) is 3.51. The SMILES string of the molecule is Cc1nc(C)c(C(=O)N2CCC[C@H]2c2nc(N(C)C)ncc2-c2cccc(Cl)c2)s1. The number of thiazole rings is 1. The number of anilines is 1. The van der Waals surface area contributed by atoms with Gasteiger partial charge in [-0.05, 0) is 44.4 Å². The summed E-state index contributed by atoms with van der Waals surface area (Å²) in [6.45, 7) is 4.53. The van der Waals surface area contributed by atoms with Crippen LogP contribution >= 0.6 is 22.9 Å². The molecular formula is C22H24ClN5OS. The first-order valence-corrected chi connectivity index (χ1v) is 11.1. The zero-order valence-corrected chi connectivity index (χ0v) is 19.1. The van der Waals surface area contributed by atoms with Gasteiger partial charge in [0.05, 0.1) is 22.4 Å². The third kappa shape index (κ3) is 3.91. The molecule has 1 aromatic carbocycles. The first-order chi connectivity index (χ1) is 14.3. The van der Waals surface area contributed by atoms with Crippen LogP contribution in [0.4, 0.5) is 5.95 Å². The van der Waals surface area contributed by atoms with Crippen molar-refractivity contribution in [3.05, 3.63) is 56.8 Å². The molecule has 0 aliphatic carbocycles. The number of likely N-dealkylation sites (tertiary alicyclic amines) is 1. The van der Waals surface area contributed by atoms with Crippen LogP contribution in [-0.2, 0) is 0 Å². The number of nitrogens with zero attached hydrogens (tertiary/aromatic N) is 5. The summed E-state index contributed by atoms with van der Waals surface area (Å²) in [5, 5.41) is 1.56. The van der Waals surface area contributed by atoms with Crippen molar-refractivity contribution in [1.29, 1.82) is 0 Å². The Hall–Kier alpha value is -2.51. The Morgan fingerprint density at radius 1 is 1.27 bits per heavy atom. The number of aryl methyl sites for hydroxylation is 2. The van der Waals surface area contributed by atoms with Crippen LogP contribution in [0.15, 0.2) is 30.5 Å². The highest BCUT2D eigenvalue weighted by molar-refractivity contribution is 7.13. The molecule has 1 fully saturated rings. The Labute approximate surface area is 185 Å². The third-order valence-electron chi connectivity index (χ3n) is 5.27. The summed E-state index contributed by atoms with van der Waals surface area (Å²) in [6.07, 6.45) is 3.63. The minimum Gasteiger partial charge on any atom is -0.347 e. The lowest BCUT2D eigenvalue weighted by atomic mass is 9.99. The second-order valence-corrected chi connectivity index (χ2v) is 9.32. The van der Waals surface area contributed by atoms with Gasteiger partial charge in [0.25, 0.3) is 5.91 Å². The largest absolute Gasteiger partial charge is 0.347 e. The first-order valence-electron chi connectivity index (χ1n) is 9.90. The summed E-state index contributed by atoms with van der Waals surface area (Å²) in [7, 11) is 3.83. The van der Waals surface area contributed by atoms with Crippen LogP contribution in [-0.4, -0.2) is 46.4 Å². The quantitative estimate of drug-likeness (QED) is 0.575. The lowest BCUT2D eigenvalue weighted by molar-refractivity contribution is 0.0737. The maximum absolute atomic E-state index is 13.4. The van der Waals surface area contributed by atoms with Crippen molar-refractivity contribution >= 4 is 34.8 Å². The van der Waals surface area contributed by atoms with Crippen LogP contribution < -0.4 is 4.90 Å². The maximum atomic E-state index is 13.4. The predicted octanol–water partition coefficient (Wildman–Crippen LogP) is 4.91. The molecule has 1 saturated heterocycles. The zero-order valence-electron chi connectivity index (χ0n) is 17.5. The number of hydrogen-bond acceptors (Lipinski definition) is 6. The minimum absolute atomic E-state index is 0.0302. The van der Waals surface area contributed by atoms with Gasteiger partial charge in [0.15, 0.2) is 0 Å². The Morgan fingerprint density at radius 3 is 2.73 bits per heavy atom. The fourth-order valence-corrected chi connectivity index (χ4v) is 4.95. The summed E-state index contributed by atoms with van der Waals surface area (Å²) >= 11 is 7.70. The molecule has 2 aromatic heterocycles. The molecule has 3 aromatic rings. The third-order valence-corrected chi connectivity index (χ3v) is 6.56. The predicted molar refractivity (Wildman–Crippen MR) is 121 cm³/mol. The van der Waals surface area contributed by atoms with Crippen molar-refractivity contribution in [3.63, 3.8) is 0 Å². The van der Waals surface area contributed by atoms with Crippen molar-refractivity contribution in [3.8, 4) is 11.1 Å². The molecule has 1 amide bonds. The Bertz CT molecular complexity index is 1100. The molecule has 0 saturated carbocycles. The second-order valence-electron chi connectivity index (χ2n) is 7.68. The van der Waals surface area contributed by atoms with Crippen LogP contribution in [0.5, 0.6) is 0 Å². The maximum Gasteiger partial charge on any atom is 0.266 e. The number of rotatable bonds is 4. The van der Waals surface area contributed by atoms with Crippen molar-refractivity contribution < 1.29 is 4.79 Å². The number of carbonyl (C=O) groups is 1. The Balaban J connectivity index is 1.80. The summed E-state index contributed by atoms with van der Waals surface area (Å²) in [6, 6.07) is 7.57. The van der Waals surface area contributed by atoms with Gasteiger partial charge < -0.3 is 9.80 Å². The van der Waals surface area contributed by atoms with Gasteiger partial charge in [-0.25, -0.2) is 15.0 Å². The first kappa shape index (κ1) is 20.8. The number of benzene rings is 1. The molecule has 30 heavy (non-hydrogen) atoms. The van der Waals surface area contributed by atoms with Crippen LogP contribution in [0.1, 0.15) is 45.0 Å². The van der Waals surface area contributed by atoms with Gasteiger partial charge in [0.2, 0.25) is 5.95 Å². The average molecular weight is 442 g/mol. The van der Waals surface area contributed by atoms with Gasteiger partial charge in [-0.2, -0.15) is 0 Å². The van der Waals surface area contributed by atoms with Crippen molar-refractivity contribution in [1.82, 2.24) is 19.9 Å². The van der Waals surface area contributed by atoms with E-state index >= 15 is 0 Å². The highest BCUT2D eigenvalue weighted by Gasteiger charge is 2.35. The van der Waals surface area contributed by atoms with Crippen molar-refractivity contribution in [2.75, 3.05) is 25.5 Å². The zero-order chi connectivity index (χ0) is 21.4. The van der Waals surface area contributed by atoms with E-state index in [-0.39, 0.29) is 11.9 Å². The topological polar surface area (TPSA) is 62.2 Å². The smallest absolute Gasteiger partial charge is 0.266 e. The van der Waals surface area contributed by atoms with Crippen LogP contribution in [0.25, 0.3) is 11.1 Å². The van der Waals surface area contributed by atoms with Crippen LogP contribution in [0.2, 0.25) is 5.02 Å². The van der Waals surface area contributed by atoms with E-state index in [1.54, 1.807) is 0 Å². The fourth-order valence-electron chi connectivity index (χ4n) is 3.89. The molecule has 1 atom stereocenters. The van der Waals surface area contributed by atoms with E-state index in [1.165, 1.54) is 11.3 Å². The fraction of sp³-hybridized carbons (Fsp3) is 0.364. The molecule has 1 aliphatic heterocycles. The number of carbonyl (C=O) groups excluding carboxylic acids is 1. The van der Waals surface area contributed by atoms with E-state index in [0.717, 1.165) is 40.4 Å². The normalized spacial score (nSPS) is 16.2. The highest BCUT2D eigenvalue weighted by atomic mass is 35.5. The van der Waals surface area contributed by atoms with E-state index in [0.29, 0.717) is 22.4 Å². The van der Waals surface area contributed by atoms with Crippen molar-refractivity contribution in [2.45, 2.75) is 32.7 Å². The summed E-state index contributed by atoms with van der Waals surface area (Å²) in [5.74, 6) is 0.655. The van der Waals surface area contributed by atoms with Gasteiger partial charge >= 0.3 is 0 Å². The van der Waals surface area contributed by atoms with Gasteiger partial charge in [-0.3, -0.25) is 4.79 Å². The van der Waals surface area contributed by atoms with E-state index in [1.807, 2.05) is 68.2 Å². The number of halogens is 1. The van der Waals surface area contributed by atoms with Gasteiger partial charge in [0.1, 0.15) is 4.88 Å². The molecule has 156 valence electrons. The van der Waals surface area contributed by atoms with Crippen molar-refractivity contribution in [2.24, 2.45) is 0 Å². The monoisotopic (exact) mass is 441 g/mol. The molecule has 0 radical (unpaired) electrons. The summed E-state index contributed by atoms with van der Waals surface area (Å²) in [4.78, 5) is 31.8. The number of aromatic nitrogens is 3. The van der Waals surface area contributed by atoms with Gasteiger partial charge in [-0.15, -0.1) is 11.3 Å².